The lowest BCUT2D eigenvalue weighted by atomic mass is 10.1. The van der Waals surface area contributed by atoms with Gasteiger partial charge in [0.1, 0.15) is 5.82 Å². The third-order valence-corrected chi connectivity index (χ3v) is 6.23. The van der Waals surface area contributed by atoms with Crippen molar-refractivity contribution in [1.82, 2.24) is 19.5 Å². The van der Waals surface area contributed by atoms with Gasteiger partial charge in [-0.15, -0.1) is 11.8 Å². The van der Waals surface area contributed by atoms with Crippen molar-refractivity contribution in [2.45, 2.75) is 41.6 Å². The molecule has 1 unspecified atom stereocenters. The van der Waals surface area contributed by atoms with E-state index in [9.17, 15) is 13.2 Å². The first-order valence-corrected chi connectivity index (χ1v) is 10.0. The first kappa shape index (κ1) is 16.3. The average molecular weight is 354 g/mol. The Morgan fingerprint density at radius 2 is 2.04 bits per heavy atom. The van der Waals surface area contributed by atoms with Gasteiger partial charge in [0.2, 0.25) is 10.0 Å². The predicted octanol–water partition coefficient (Wildman–Crippen LogP) is 0.977. The summed E-state index contributed by atoms with van der Waals surface area (Å²) in [4.78, 5) is 12.9. The molecule has 2 N–H and O–H groups in total. The van der Waals surface area contributed by atoms with E-state index in [0.29, 0.717) is 31.6 Å². The second-order valence-electron chi connectivity index (χ2n) is 5.42. The van der Waals surface area contributed by atoms with Crippen LogP contribution in [0.3, 0.4) is 0 Å². The van der Waals surface area contributed by atoms with Gasteiger partial charge in [-0.25, -0.2) is 23.0 Å². The summed E-state index contributed by atoms with van der Waals surface area (Å²) in [6.45, 7) is 0.462. The van der Waals surface area contributed by atoms with Crippen LogP contribution >= 0.6 is 11.8 Å². The number of hydrogen-bond donors (Lipinski definition) is 2. The minimum atomic E-state index is -3.56. The first-order valence-electron chi connectivity index (χ1n) is 7.30. The Labute approximate surface area is 138 Å². The SMILES string of the molecule is CSc1ccc(S(=O)(=O)NC2CCc3n[nH]c(=O)n3CC2)cc1. The molecule has 0 fully saturated rings. The number of hydrogen-bond acceptors (Lipinski definition) is 5. The Balaban J connectivity index is 1.72. The molecule has 2 aromatic rings. The van der Waals surface area contributed by atoms with Crippen molar-refractivity contribution in [3.8, 4) is 0 Å². The van der Waals surface area contributed by atoms with E-state index in [2.05, 4.69) is 14.9 Å². The van der Waals surface area contributed by atoms with Gasteiger partial charge >= 0.3 is 5.69 Å². The van der Waals surface area contributed by atoms with Crippen molar-refractivity contribution >= 4 is 21.8 Å². The Morgan fingerprint density at radius 3 is 2.74 bits per heavy atom. The Kier molecular flexibility index (Phi) is 4.60. The summed E-state index contributed by atoms with van der Waals surface area (Å²) in [5.74, 6) is 0.682. The molecule has 23 heavy (non-hydrogen) atoms. The first-order chi connectivity index (χ1) is 11.0. The highest BCUT2D eigenvalue weighted by molar-refractivity contribution is 7.98. The molecule has 0 spiro atoms. The quantitative estimate of drug-likeness (QED) is 0.798. The van der Waals surface area contributed by atoms with E-state index in [1.54, 1.807) is 40.6 Å². The van der Waals surface area contributed by atoms with Crippen LogP contribution in [0.5, 0.6) is 0 Å². The van der Waals surface area contributed by atoms with Crippen molar-refractivity contribution < 1.29 is 8.42 Å². The fourth-order valence-electron chi connectivity index (χ4n) is 2.66. The maximum Gasteiger partial charge on any atom is 0.343 e. The van der Waals surface area contributed by atoms with E-state index < -0.39 is 10.0 Å². The molecular weight excluding hydrogens is 336 g/mol. The van der Waals surface area contributed by atoms with Gasteiger partial charge in [-0.2, -0.15) is 5.10 Å². The number of fused-ring (bicyclic) bond motifs is 1. The number of aryl methyl sites for hydroxylation is 1. The normalized spacial score (nSPS) is 18.4. The van der Waals surface area contributed by atoms with Gasteiger partial charge in [-0.1, -0.05) is 0 Å². The minimum absolute atomic E-state index is 0.207. The summed E-state index contributed by atoms with van der Waals surface area (Å²) < 4.78 is 29.3. The van der Waals surface area contributed by atoms with E-state index in [-0.39, 0.29) is 16.6 Å². The van der Waals surface area contributed by atoms with E-state index in [0.717, 1.165) is 4.90 Å². The third kappa shape index (κ3) is 3.51. The monoisotopic (exact) mass is 354 g/mol. The second-order valence-corrected chi connectivity index (χ2v) is 8.01. The Morgan fingerprint density at radius 1 is 1.30 bits per heavy atom. The molecule has 9 heteroatoms. The molecule has 0 bridgehead atoms. The van der Waals surface area contributed by atoms with Crippen LogP contribution in [-0.2, 0) is 23.0 Å². The number of sulfonamides is 1. The number of nitrogens with zero attached hydrogens (tertiary/aromatic N) is 2. The van der Waals surface area contributed by atoms with Crippen molar-refractivity contribution in [3.63, 3.8) is 0 Å². The van der Waals surface area contributed by atoms with Gasteiger partial charge in [-0.3, -0.25) is 4.57 Å². The smallest absolute Gasteiger partial charge is 0.279 e. The summed E-state index contributed by atoms with van der Waals surface area (Å²) in [5.41, 5.74) is -0.240. The topological polar surface area (TPSA) is 96.8 Å². The number of benzene rings is 1. The van der Waals surface area contributed by atoms with Crippen LogP contribution in [0.4, 0.5) is 0 Å². The van der Waals surface area contributed by atoms with Gasteiger partial charge in [0.05, 0.1) is 4.90 Å². The molecule has 0 aliphatic carbocycles. The molecule has 1 aromatic carbocycles. The summed E-state index contributed by atoms with van der Waals surface area (Å²) in [6, 6.07) is 6.60. The summed E-state index contributed by atoms with van der Waals surface area (Å²) in [6.07, 6.45) is 3.69. The highest BCUT2D eigenvalue weighted by Gasteiger charge is 2.24. The molecule has 1 aliphatic rings. The minimum Gasteiger partial charge on any atom is -0.279 e. The molecule has 3 rings (SSSR count). The maximum absolute atomic E-state index is 12.5. The number of H-pyrrole nitrogens is 1. The summed E-state index contributed by atoms with van der Waals surface area (Å²) in [7, 11) is -3.56. The second kappa shape index (κ2) is 6.50. The van der Waals surface area contributed by atoms with Crippen LogP contribution in [0, 0.1) is 0 Å². The highest BCUT2D eigenvalue weighted by Crippen LogP contribution is 2.19. The molecule has 2 heterocycles. The van der Waals surface area contributed by atoms with Crippen molar-refractivity contribution in [1.29, 1.82) is 0 Å². The molecule has 7 nitrogen and oxygen atoms in total. The largest absolute Gasteiger partial charge is 0.343 e. The molecule has 124 valence electrons. The highest BCUT2D eigenvalue weighted by atomic mass is 32.2. The van der Waals surface area contributed by atoms with Crippen molar-refractivity contribution in [2.75, 3.05) is 6.26 Å². The summed E-state index contributed by atoms with van der Waals surface area (Å²) in [5, 5.41) is 6.39. The fourth-order valence-corrected chi connectivity index (χ4v) is 4.38. The number of aromatic amines is 1. The van der Waals surface area contributed by atoms with Crippen molar-refractivity contribution in [2.24, 2.45) is 0 Å². The van der Waals surface area contributed by atoms with Crippen molar-refractivity contribution in [3.05, 3.63) is 40.6 Å². The van der Waals surface area contributed by atoms with Gasteiger partial charge in [-0.05, 0) is 43.4 Å². The number of aromatic nitrogens is 3. The number of rotatable bonds is 4. The van der Waals surface area contributed by atoms with Crippen LogP contribution in [0.1, 0.15) is 18.7 Å². The molecule has 1 aliphatic heterocycles. The van der Waals surface area contributed by atoms with E-state index in [1.165, 1.54) is 0 Å². The summed E-state index contributed by atoms with van der Waals surface area (Å²) >= 11 is 1.56. The maximum atomic E-state index is 12.5. The molecule has 0 amide bonds. The lowest BCUT2D eigenvalue weighted by molar-refractivity contribution is 0.493. The van der Waals surface area contributed by atoms with Gasteiger partial charge in [0, 0.05) is 23.9 Å². The average Bonchev–Trinajstić information content (AvgIpc) is 2.77. The number of nitrogens with one attached hydrogen (secondary N) is 2. The third-order valence-electron chi connectivity index (χ3n) is 3.95. The van der Waals surface area contributed by atoms with Crippen LogP contribution < -0.4 is 10.4 Å². The van der Waals surface area contributed by atoms with Gasteiger partial charge in [0.15, 0.2) is 0 Å². The zero-order valence-electron chi connectivity index (χ0n) is 12.7. The van der Waals surface area contributed by atoms with Gasteiger partial charge in [0.25, 0.3) is 0 Å². The fraction of sp³-hybridized carbons (Fsp3) is 0.429. The van der Waals surface area contributed by atoms with Crippen LogP contribution in [0.2, 0.25) is 0 Å². The standard InChI is InChI=1S/C14H18N4O3S2/c1-22-11-3-5-12(6-4-11)23(20,21)17-10-2-7-13-15-16-14(19)18(13)9-8-10/h3-6,10,17H,2,7-9H2,1H3,(H,16,19). The molecule has 1 aromatic heterocycles. The van der Waals surface area contributed by atoms with Gasteiger partial charge < -0.3 is 0 Å². The molecule has 0 radical (unpaired) electrons. The lowest BCUT2D eigenvalue weighted by Gasteiger charge is -2.16. The number of thioether (sulfide) groups is 1. The molecule has 1 atom stereocenters. The van der Waals surface area contributed by atoms with Crippen LogP contribution in [-0.4, -0.2) is 35.5 Å². The molecular formula is C14H18N4O3S2. The Hall–Kier alpha value is -1.58. The van der Waals surface area contributed by atoms with Crippen LogP contribution in [0.25, 0.3) is 0 Å². The van der Waals surface area contributed by atoms with Crippen LogP contribution in [0.15, 0.2) is 38.9 Å². The zero-order valence-corrected chi connectivity index (χ0v) is 14.3. The van der Waals surface area contributed by atoms with E-state index in [4.69, 9.17) is 0 Å². The predicted molar refractivity (Wildman–Crippen MR) is 88.1 cm³/mol. The van der Waals surface area contributed by atoms with E-state index in [1.807, 2.05) is 6.26 Å². The zero-order chi connectivity index (χ0) is 16.4. The Bertz CT molecular complexity index is 840. The van der Waals surface area contributed by atoms with E-state index >= 15 is 0 Å². The lowest BCUT2D eigenvalue weighted by Crippen LogP contribution is -2.35. The molecule has 0 saturated carbocycles. The molecule has 0 saturated heterocycles.